The Labute approximate surface area is 246 Å². The van der Waals surface area contributed by atoms with Crippen molar-refractivity contribution in [3.05, 3.63) is 94.7 Å². The van der Waals surface area contributed by atoms with Crippen molar-refractivity contribution in [2.75, 3.05) is 37.4 Å². The van der Waals surface area contributed by atoms with Crippen LogP contribution < -0.4 is 14.9 Å². The van der Waals surface area contributed by atoms with Gasteiger partial charge < -0.3 is 20.5 Å². The van der Waals surface area contributed by atoms with Crippen LogP contribution in [-0.4, -0.2) is 69.6 Å². The molecule has 3 rings (SSSR count). The number of benzene rings is 2. The molecule has 1 heterocycles. The second kappa shape index (κ2) is 15.7. The zero-order chi connectivity index (χ0) is 30.7. The predicted molar refractivity (Wildman–Crippen MR) is 158 cm³/mol. The number of sulfonamides is 1. The summed E-state index contributed by atoms with van der Waals surface area (Å²) < 4.78 is 58.8. The lowest BCUT2D eigenvalue weighted by Crippen LogP contribution is -2.48. The summed E-state index contributed by atoms with van der Waals surface area (Å²) in [4.78, 5) is 17.5. The number of aliphatic hydroxyl groups excluding tert-OH is 1. The molecule has 0 saturated heterocycles. The summed E-state index contributed by atoms with van der Waals surface area (Å²) in [5.41, 5.74) is 2.56. The van der Waals surface area contributed by atoms with Crippen LogP contribution in [0.3, 0.4) is 0 Å². The number of anilines is 1. The highest BCUT2D eigenvalue weighted by Crippen LogP contribution is 2.18. The molecule has 3 aromatic rings. The fourth-order valence-corrected chi connectivity index (χ4v) is 5.38. The molecule has 0 radical (unpaired) electrons. The third-order valence-corrected chi connectivity index (χ3v) is 7.78. The Morgan fingerprint density at radius 2 is 1.79 bits per heavy atom. The third-order valence-electron chi connectivity index (χ3n) is 6.61. The van der Waals surface area contributed by atoms with Gasteiger partial charge in [0.2, 0.25) is 10.0 Å². The van der Waals surface area contributed by atoms with E-state index in [0.29, 0.717) is 19.6 Å². The first-order valence-corrected chi connectivity index (χ1v) is 15.5. The van der Waals surface area contributed by atoms with E-state index in [9.17, 15) is 27.1 Å². The minimum absolute atomic E-state index is 0.0565. The van der Waals surface area contributed by atoms with Crippen LogP contribution in [0.1, 0.15) is 40.4 Å². The van der Waals surface area contributed by atoms with Crippen LogP contribution in [0.2, 0.25) is 0 Å². The minimum Gasteiger partial charge on any atom is -0.390 e. The Hall–Kier alpha value is -3.45. The van der Waals surface area contributed by atoms with Gasteiger partial charge in [0.1, 0.15) is 17.5 Å². The van der Waals surface area contributed by atoms with E-state index in [-0.39, 0.29) is 36.5 Å². The Balaban J connectivity index is 1.79. The monoisotopic (exact) mass is 604 g/mol. The highest BCUT2D eigenvalue weighted by molar-refractivity contribution is 7.92. The van der Waals surface area contributed by atoms with Crippen molar-refractivity contribution in [2.45, 2.75) is 44.9 Å². The van der Waals surface area contributed by atoms with Gasteiger partial charge in [-0.3, -0.25) is 9.10 Å². The van der Waals surface area contributed by atoms with Crippen molar-refractivity contribution >= 4 is 21.7 Å². The number of hydrogen-bond donors (Lipinski definition) is 3. The van der Waals surface area contributed by atoms with Crippen molar-refractivity contribution in [3.8, 4) is 0 Å². The van der Waals surface area contributed by atoms with E-state index in [1.807, 2.05) is 18.2 Å². The number of carbonyl (C=O) groups is 1. The van der Waals surface area contributed by atoms with Gasteiger partial charge in [0.25, 0.3) is 5.91 Å². The van der Waals surface area contributed by atoms with Crippen LogP contribution in [0.15, 0.2) is 60.8 Å². The fourth-order valence-electron chi connectivity index (χ4n) is 4.48. The van der Waals surface area contributed by atoms with Gasteiger partial charge in [0.05, 0.1) is 18.4 Å². The molecule has 0 aliphatic carbocycles. The molecular weight excluding hydrogens is 566 g/mol. The van der Waals surface area contributed by atoms with Gasteiger partial charge >= 0.3 is 0 Å². The number of amides is 1. The Bertz CT molecular complexity index is 1420. The molecular formula is C30H38F2N4O5S. The molecule has 1 aromatic heterocycles. The topological polar surface area (TPSA) is 121 Å². The minimum atomic E-state index is -3.70. The summed E-state index contributed by atoms with van der Waals surface area (Å²) in [7, 11) is -2.19. The molecule has 0 unspecified atom stereocenters. The number of ether oxygens (including phenoxy) is 1. The molecule has 2 atom stereocenters. The molecule has 3 N–H and O–H groups in total. The highest BCUT2D eigenvalue weighted by Gasteiger charge is 2.25. The van der Waals surface area contributed by atoms with Gasteiger partial charge in [0, 0.05) is 51.2 Å². The van der Waals surface area contributed by atoms with Crippen LogP contribution in [0, 0.1) is 11.6 Å². The van der Waals surface area contributed by atoms with Crippen LogP contribution in [0.5, 0.6) is 0 Å². The summed E-state index contributed by atoms with van der Waals surface area (Å²) in [6, 6.07) is 12.9. The number of pyridine rings is 1. The van der Waals surface area contributed by atoms with Gasteiger partial charge in [-0.1, -0.05) is 31.2 Å². The summed E-state index contributed by atoms with van der Waals surface area (Å²) >= 11 is 0. The Morgan fingerprint density at radius 1 is 1.07 bits per heavy atom. The number of carbonyl (C=O) groups excluding carboxylic acids is 1. The summed E-state index contributed by atoms with van der Waals surface area (Å²) in [6.45, 7) is 3.06. The number of aryl methyl sites for hydroxylation is 1. The SMILES string of the molecule is CCc1cccc(CNC[C@@H](O)[C@H](Cc2cc(F)cc(F)c2)NC(=O)c2ccnc(N(CCCOC)S(C)(=O)=O)c2)c1. The number of aliphatic hydroxyl groups is 1. The standard InChI is InChI=1S/C30H38F2N4O5S/c1-4-21-7-5-8-22(13-21)19-33-20-28(37)27(16-23-14-25(31)18-26(32)15-23)35-30(38)24-9-10-34-29(17-24)36(42(3,39)40)11-6-12-41-2/h5,7-10,13-15,17-18,27-28,33,37H,4,6,11-12,16,19-20H2,1-3H3,(H,35,38)/t27-,28+/m0/s1. The largest absolute Gasteiger partial charge is 0.390 e. The lowest BCUT2D eigenvalue weighted by atomic mass is 10.00. The zero-order valence-corrected chi connectivity index (χ0v) is 24.8. The molecule has 2 aromatic carbocycles. The molecule has 0 saturated carbocycles. The first-order valence-electron chi connectivity index (χ1n) is 13.6. The molecule has 12 heteroatoms. The van der Waals surface area contributed by atoms with Gasteiger partial charge in [-0.15, -0.1) is 0 Å². The number of methoxy groups -OCH3 is 1. The number of nitrogens with one attached hydrogen (secondary N) is 2. The highest BCUT2D eigenvalue weighted by atomic mass is 32.2. The van der Waals surface area contributed by atoms with Crippen LogP contribution in [0.4, 0.5) is 14.6 Å². The normalized spacial score (nSPS) is 13.0. The van der Waals surface area contributed by atoms with E-state index < -0.39 is 39.7 Å². The van der Waals surface area contributed by atoms with Crippen molar-refractivity contribution < 1.29 is 31.8 Å². The van der Waals surface area contributed by atoms with Crippen molar-refractivity contribution in [1.82, 2.24) is 15.6 Å². The summed E-state index contributed by atoms with van der Waals surface area (Å²) in [5, 5.41) is 17.0. The van der Waals surface area contributed by atoms with Crippen molar-refractivity contribution in [2.24, 2.45) is 0 Å². The smallest absolute Gasteiger partial charge is 0.251 e. The number of rotatable bonds is 16. The maximum Gasteiger partial charge on any atom is 0.251 e. The molecule has 0 spiro atoms. The molecule has 0 aliphatic rings. The lowest BCUT2D eigenvalue weighted by Gasteiger charge is -2.25. The first kappa shape index (κ1) is 33.1. The van der Waals surface area contributed by atoms with E-state index in [4.69, 9.17) is 4.74 Å². The number of nitrogens with zero attached hydrogens (tertiary/aromatic N) is 2. The number of hydrogen-bond acceptors (Lipinski definition) is 7. The maximum absolute atomic E-state index is 13.9. The zero-order valence-electron chi connectivity index (χ0n) is 24.0. The summed E-state index contributed by atoms with van der Waals surface area (Å²) in [6.07, 6.45) is 2.48. The van der Waals surface area contributed by atoms with E-state index in [0.717, 1.165) is 40.7 Å². The van der Waals surface area contributed by atoms with E-state index in [1.54, 1.807) is 0 Å². The van der Waals surface area contributed by atoms with E-state index in [1.165, 1.54) is 31.0 Å². The number of aromatic nitrogens is 1. The molecule has 0 bridgehead atoms. The van der Waals surface area contributed by atoms with Crippen LogP contribution >= 0.6 is 0 Å². The van der Waals surface area contributed by atoms with Crippen LogP contribution in [-0.2, 0) is 34.1 Å². The number of halogens is 2. The Morgan fingerprint density at radius 3 is 2.45 bits per heavy atom. The van der Waals surface area contributed by atoms with Crippen molar-refractivity contribution in [1.29, 1.82) is 0 Å². The van der Waals surface area contributed by atoms with Gasteiger partial charge in [0.15, 0.2) is 0 Å². The van der Waals surface area contributed by atoms with Gasteiger partial charge in [-0.2, -0.15) is 0 Å². The maximum atomic E-state index is 13.9. The second-order valence-electron chi connectivity index (χ2n) is 10.0. The van der Waals surface area contributed by atoms with Crippen LogP contribution in [0.25, 0.3) is 0 Å². The quantitative estimate of drug-likeness (QED) is 0.215. The Kier molecular flexibility index (Phi) is 12.3. The van der Waals surface area contributed by atoms with E-state index in [2.05, 4.69) is 28.6 Å². The van der Waals surface area contributed by atoms with Gasteiger partial charge in [-0.05, 0) is 60.2 Å². The second-order valence-corrected chi connectivity index (χ2v) is 11.9. The lowest BCUT2D eigenvalue weighted by molar-refractivity contribution is 0.0829. The molecule has 9 nitrogen and oxygen atoms in total. The fraction of sp³-hybridized carbons (Fsp3) is 0.400. The molecule has 42 heavy (non-hydrogen) atoms. The average molecular weight is 605 g/mol. The van der Waals surface area contributed by atoms with E-state index >= 15 is 0 Å². The van der Waals surface area contributed by atoms with Crippen molar-refractivity contribution in [3.63, 3.8) is 0 Å². The van der Waals surface area contributed by atoms with Gasteiger partial charge in [-0.25, -0.2) is 22.2 Å². The molecule has 228 valence electrons. The summed E-state index contributed by atoms with van der Waals surface area (Å²) in [5.74, 6) is -2.10. The molecule has 0 fully saturated rings. The average Bonchev–Trinajstić information content (AvgIpc) is 2.94. The molecule has 1 amide bonds. The first-order chi connectivity index (χ1) is 20.0. The molecule has 0 aliphatic heterocycles. The predicted octanol–water partition coefficient (Wildman–Crippen LogP) is 3.22. The third kappa shape index (κ3) is 10.1.